The van der Waals surface area contributed by atoms with Gasteiger partial charge in [-0.2, -0.15) is 5.26 Å². The summed E-state index contributed by atoms with van der Waals surface area (Å²) >= 11 is 0. The van der Waals surface area contributed by atoms with Gasteiger partial charge in [0, 0.05) is 24.1 Å². The molecule has 0 aromatic heterocycles. The molecule has 104 valence electrons. The smallest absolute Gasteiger partial charge is 0.126 e. The van der Waals surface area contributed by atoms with Gasteiger partial charge in [0.05, 0.1) is 12.7 Å². The molecule has 0 aliphatic carbocycles. The molecule has 0 aliphatic heterocycles. The molecule has 1 aromatic rings. The van der Waals surface area contributed by atoms with Gasteiger partial charge in [0.15, 0.2) is 0 Å². The molecule has 0 bridgehead atoms. The Morgan fingerprint density at radius 2 is 2.05 bits per heavy atom. The number of hydrogen-bond acceptors (Lipinski definition) is 3. The van der Waals surface area contributed by atoms with Crippen molar-refractivity contribution in [2.75, 3.05) is 6.61 Å². The lowest BCUT2D eigenvalue weighted by Crippen LogP contribution is -2.35. The Morgan fingerprint density at radius 3 is 2.68 bits per heavy atom. The van der Waals surface area contributed by atoms with Crippen molar-refractivity contribution in [3.05, 3.63) is 29.3 Å². The lowest BCUT2D eigenvalue weighted by atomic mass is 10.1. The van der Waals surface area contributed by atoms with Gasteiger partial charge in [-0.3, -0.25) is 0 Å². The zero-order chi connectivity index (χ0) is 14.3. The highest BCUT2D eigenvalue weighted by Crippen LogP contribution is 2.24. The Hall–Kier alpha value is -1.53. The van der Waals surface area contributed by atoms with Crippen LogP contribution in [0, 0.1) is 18.3 Å². The molecule has 0 atom stereocenters. The Bertz CT molecular complexity index is 441. The molecule has 0 radical (unpaired) electrons. The van der Waals surface area contributed by atoms with Crippen LogP contribution in [-0.4, -0.2) is 12.1 Å². The van der Waals surface area contributed by atoms with Gasteiger partial charge in [-0.05, 0) is 39.7 Å². The molecular formula is C16H24N2O. The number of ether oxygens (including phenoxy) is 1. The van der Waals surface area contributed by atoms with Crippen molar-refractivity contribution in [1.82, 2.24) is 5.32 Å². The van der Waals surface area contributed by atoms with Gasteiger partial charge in [0.1, 0.15) is 5.75 Å². The summed E-state index contributed by atoms with van der Waals surface area (Å²) in [6.45, 7) is 9.89. The first kappa shape index (κ1) is 15.5. The highest BCUT2D eigenvalue weighted by atomic mass is 16.5. The first-order valence-corrected chi connectivity index (χ1v) is 6.77. The van der Waals surface area contributed by atoms with Gasteiger partial charge >= 0.3 is 0 Å². The number of nitrogens with one attached hydrogen (secondary N) is 1. The molecule has 0 amide bonds. The third-order valence-electron chi connectivity index (χ3n) is 2.78. The molecule has 19 heavy (non-hydrogen) atoms. The van der Waals surface area contributed by atoms with Crippen LogP contribution in [0.5, 0.6) is 5.75 Å². The summed E-state index contributed by atoms with van der Waals surface area (Å²) in [7, 11) is 0. The first-order chi connectivity index (χ1) is 8.94. The fourth-order valence-corrected chi connectivity index (χ4v) is 1.74. The van der Waals surface area contributed by atoms with Gasteiger partial charge in [0.2, 0.25) is 0 Å². The number of rotatable bonds is 6. The highest BCUT2D eigenvalue weighted by Gasteiger charge is 2.12. The minimum Gasteiger partial charge on any atom is -0.493 e. The monoisotopic (exact) mass is 260 g/mol. The zero-order valence-electron chi connectivity index (χ0n) is 12.4. The van der Waals surface area contributed by atoms with Gasteiger partial charge in [-0.25, -0.2) is 0 Å². The number of unbranched alkanes of at least 4 members (excludes halogenated alkanes) is 1. The van der Waals surface area contributed by atoms with Crippen LogP contribution < -0.4 is 10.1 Å². The maximum atomic E-state index is 8.53. The molecule has 1 aromatic carbocycles. The number of nitriles is 1. The molecule has 3 nitrogen and oxygen atoms in total. The summed E-state index contributed by atoms with van der Waals surface area (Å²) in [4.78, 5) is 0. The Kier molecular flexibility index (Phi) is 5.85. The topological polar surface area (TPSA) is 45.0 Å². The summed E-state index contributed by atoms with van der Waals surface area (Å²) in [5.41, 5.74) is 2.40. The number of nitrogens with zero attached hydrogens (tertiary/aromatic N) is 1. The lowest BCUT2D eigenvalue weighted by molar-refractivity contribution is 0.304. The molecule has 0 heterocycles. The number of aryl methyl sites for hydroxylation is 1. The van der Waals surface area contributed by atoms with Crippen LogP contribution in [0.4, 0.5) is 0 Å². The van der Waals surface area contributed by atoms with E-state index in [-0.39, 0.29) is 5.54 Å². The average molecular weight is 260 g/mol. The number of benzene rings is 1. The van der Waals surface area contributed by atoms with Gasteiger partial charge in [-0.15, -0.1) is 0 Å². The molecule has 1 N–H and O–H groups in total. The van der Waals surface area contributed by atoms with E-state index < -0.39 is 0 Å². The van der Waals surface area contributed by atoms with Crippen molar-refractivity contribution >= 4 is 0 Å². The van der Waals surface area contributed by atoms with Crippen molar-refractivity contribution < 1.29 is 4.74 Å². The molecular weight excluding hydrogens is 236 g/mol. The normalized spacial score (nSPS) is 11.1. The summed E-state index contributed by atoms with van der Waals surface area (Å²) in [5, 5.41) is 12.0. The van der Waals surface area contributed by atoms with Crippen LogP contribution in [0.25, 0.3) is 0 Å². The van der Waals surface area contributed by atoms with Crippen LogP contribution in [0.3, 0.4) is 0 Å². The number of hydrogen-bond donors (Lipinski definition) is 1. The molecule has 0 saturated carbocycles. The van der Waals surface area contributed by atoms with Gasteiger partial charge < -0.3 is 10.1 Å². The number of para-hydroxylation sites is 1. The average Bonchev–Trinajstić information content (AvgIpc) is 2.33. The maximum absolute atomic E-state index is 8.53. The highest BCUT2D eigenvalue weighted by molar-refractivity contribution is 5.40. The van der Waals surface area contributed by atoms with E-state index in [0.29, 0.717) is 13.0 Å². The van der Waals surface area contributed by atoms with E-state index in [2.05, 4.69) is 57.3 Å². The van der Waals surface area contributed by atoms with E-state index in [9.17, 15) is 0 Å². The van der Waals surface area contributed by atoms with E-state index in [1.54, 1.807) is 0 Å². The van der Waals surface area contributed by atoms with Gasteiger partial charge in [-0.1, -0.05) is 18.2 Å². The van der Waals surface area contributed by atoms with E-state index in [1.807, 2.05) is 0 Å². The quantitative estimate of drug-likeness (QED) is 0.795. The molecule has 0 spiro atoms. The SMILES string of the molecule is Cc1cccc(CNC(C)(C)C)c1OCCCC#N. The predicted octanol–water partition coefficient (Wildman–Crippen LogP) is 3.57. The van der Waals surface area contributed by atoms with Gasteiger partial charge in [0.25, 0.3) is 0 Å². The minimum absolute atomic E-state index is 0.0851. The van der Waals surface area contributed by atoms with Crippen LogP contribution in [0.15, 0.2) is 18.2 Å². The first-order valence-electron chi connectivity index (χ1n) is 6.77. The molecule has 0 aliphatic rings. The van der Waals surface area contributed by atoms with Crippen molar-refractivity contribution in [1.29, 1.82) is 5.26 Å². The van der Waals surface area contributed by atoms with Crippen molar-refractivity contribution in [3.63, 3.8) is 0 Å². The molecule has 0 unspecified atom stereocenters. The lowest BCUT2D eigenvalue weighted by Gasteiger charge is -2.22. The molecule has 0 saturated heterocycles. The fraction of sp³-hybridized carbons (Fsp3) is 0.562. The Morgan fingerprint density at radius 1 is 1.32 bits per heavy atom. The summed E-state index contributed by atoms with van der Waals surface area (Å²) in [5.74, 6) is 0.956. The second-order valence-electron chi connectivity index (χ2n) is 5.78. The molecule has 1 rings (SSSR count). The fourth-order valence-electron chi connectivity index (χ4n) is 1.74. The van der Waals surface area contributed by atoms with E-state index in [0.717, 1.165) is 24.3 Å². The third-order valence-corrected chi connectivity index (χ3v) is 2.78. The van der Waals surface area contributed by atoms with Crippen LogP contribution in [0.2, 0.25) is 0 Å². The summed E-state index contributed by atoms with van der Waals surface area (Å²) < 4.78 is 5.84. The summed E-state index contributed by atoms with van der Waals surface area (Å²) in [6, 6.07) is 8.33. The van der Waals surface area contributed by atoms with E-state index >= 15 is 0 Å². The molecule has 3 heteroatoms. The van der Waals surface area contributed by atoms with Crippen molar-refractivity contribution in [2.45, 2.75) is 52.6 Å². The van der Waals surface area contributed by atoms with E-state index in [4.69, 9.17) is 10.00 Å². The van der Waals surface area contributed by atoms with Crippen LogP contribution in [-0.2, 0) is 6.54 Å². The predicted molar refractivity (Wildman–Crippen MR) is 78.1 cm³/mol. The second kappa shape index (κ2) is 7.16. The van der Waals surface area contributed by atoms with E-state index in [1.165, 1.54) is 5.56 Å². The maximum Gasteiger partial charge on any atom is 0.126 e. The van der Waals surface area contributed by atoms with Crippen LogP contribution in [0.1, 0.15) is 44.7 Å². The van der Waals surface area contributed by atoms with Crippen molar-refractivity contribution in [3.8, 4) is 11.8 Å². The Balaban J connectivity index is 2.69. The largest absolute Gasteiger partial charge is 0.493 e. The third kappa shape index (κ3) is 5.76. The second-order valence-corrected chi connectivity index (χ2v) is 5.78. The minimum atomic E-state index is 0.0851. The standard InChI is InChI=1S/C16H24N2O/c1-13-8-7-9-14(12-18-16(2,3)4)15(13)19-11-6-5-10-17/h7-9,18H,5-6,11-12H2,1-4H3. The summed E-state index contributed by atoms with van der Waals surface area (Å²) in [6.07, 6.45) is 1.32. The molecule has 0 fully saturated rings. The van der Waals surface area contributed by atoms with Crippen LogP contribution >= 0.6 is 0 Å². The van der Waals surface area contributed by atoms with Crippen molar-refractivity contribution in [2.24, 2.45) is 0 Å². The zero-order valence-corrected chi connectivity index (χ0v) is 12.4. The Labute approximate surface area is 116 Å².